The first-order valence-electron chi connectivity index (χ1n) is 19.6. The van der Waals surface area contributed by atoms with Crippen molar-refractivity contribution >= 4 is 113 Å². The van der Waals surface area contributed by atoms with E-state index in [0.29, 0.717) is 26.6 Å². The molecule has 0 bridgehead atoms. The molecule has 1 aliphatic carbocycles. The Balaban J connectivity index is 1.10. The zero-order valence-corrected chi connectivity index (χ0v) is 37.9. The van der Waals surface area contributed by atoms with Crippen LogP contribution in [0, 0.1) is 0 Å². The van der Waals surface area contributed by atoms with Gasteiger partial charge in [0.2, 0.25) is 11.8 Å². The van der Waals surface area contributed by atoms with Gasteiger partial charge in [-0.15, -0.1) is 0 Å². The molecule has 344 valence electrons. The normalized spacial score (nSPS) is 11.9. The van der Waals surface area contributed by atoms with Crippen molar-refractivity contribution in [2.45, 2.75) is 31.3 Å². The van der Waals surface area contributed by atoms with Crippen LogP contribution in [0.2, 0.25) is 0 Å². The Labute approximate surface area is 388 Å². The molecule has 0 aromatic heterocycles. The molecule has 0 fully saturated rings. The van der Waals surface area contributed by atoms with Crippen LogP contribution in [0.3, 0.4) is 0 Å². The fourth-order valence-corrected chi connectivity index (χ4v) is 8.45. The summed E-state index contributed by atoms with van der Waals surface area (Å²) < 4.78 is 17.5. The van der Waals surface area contributed by atoms with Crippen LogP contribution >= 0.6 is 23.5 Å². The van der Waals surface area contributed by atoms with Gasteiger partial charge in [-0.25, -0.2) is 9.59 Å². The van der Waals surface area contributed by atoms with E-state index in [9.17, 15) is 62.2 Å². The second kappa shape index (κ2) is 23.8. The van der Waals surface area contributed by atoms with Crippen molar-refractivity contribution in [3.05, 3.63) is 94.6 Å². The van der Waals surface area contributed by atoms with Crippen LogP contribution in [-0.4, -0.2) is 125 Å². The zero-order valence-electron chi connectivity index (χ0n) is 34.4. The first kappa shape index (κ1) is 50.0. The fraction of sp³-hybridized carbons (Fsp3) is 0.233. The van der Waals surface area contributed by atoms with E-state index in [0.717, 1.165) is 23.5 Å². The van der Waals surface area contributed by atoms with Crippen LogP contribution in [0.4, 0.5) is 11.4 Å². The summed E-state index contributed by atoms with van der Waals surface area (Å²) in [5.74, 6) is -7.80. The molecule has 0 saturated carbocycles. The van der Waals surface area contributed by atoms with Crippen LogP contribution in [-0.2, 0) is 37.3 Å². The van der Waals surface area contributed by atoms with Crippen molar-refractivity contribution < 1.29 is 66.9 Å². The minimum absolute atomic E-state index is 0.0721. The number of aromatic carboxylic acids is 1. The Morgan fingerprint density at radius 1 is 0.697 bits per heavy atom. The quantitative estimate of drug-likeness (QED) is 0.0257. The Hall–Kier alpha value is -7.03. The molecule has 0 radical (unpaired) electrons. The third-order valence-electron chi connectivity index (χ3n) is 9.32. The van der Waals surface area contributed by atoms with E-state index in [2.05, 4.69) is 26.6 Å². The van der Waals surface area contributed by atoms with Gasteiger partial charge in [0, 0.05) is 52.9 Å². The number of fused-ring (bicyclic) bond motifs is 2. The second-order valence-electron chi connectivity index (χ2n) is 14.2. The third-order valence-corrected chi connectivity index (χ3v) is 12.4. The summed E-state index contributed by atoms with van der Waals surface area (Å²) >= 11 is 0.769. The number of aliphatic carboxylic acids is 2. The van der Waals surface area contributed by atoms with Crippen LogP contribution in [0.5, 0.6) is 5.75 Å². The third kappa shape index (κ3) is 14.5. The van der Waals surface area contributed by atoms with Gasteiger partial charge in [0.05, 0.1) is 11.3 Å². The second-order valence-corrected chi connectivity index (χ2v) is 17.8. The number of carboxylic acids is 3. The Morgan fingerprint density at radius 2 is 1.35 bits per heavy atom. The van der Waals surface area contributed by atoms with Crippen LogP contribution < -0.4 is 36.4 Å². The van der Waals surface area contributed by atoms with Crippen LogP contribution in [0.15, 0.2) is 88.1 Å². The van der Waals surface area contributed by atoms with E-state index >= 15 is 0 Å². The molecular formula is C43H40AsN5O15S2. The van der Waals surface area contributed by atoms with Gasteiger partial charge in [-0.1, -0.05) is 6.07 Å². The molecule has 23 heteroatoms. The van der Waals surface area contributed by atoms with E-state index < -0.39 is 88.2 Å². The van der Waals surface area contributed by atoms with Crippen molar-refractivity contribution in [3.8, 4) is 28.2 Å². The molecule has 66 heavy (non-hydrogen) atoms. The molecule has 2 atom stereocenters. The van der Waals surface area contributed by atoms with E-state index in [1.807, 2.05) is 0 Å². The first-order chi connectivity index (χ1) is 31.5. The summed E-state index contributed by atoms with van der Waals surface area (Å²) in [5, 5.41) is 51.5. The maximum absolute atomic E-state index is 12.8. The summed E-state index contributed by atoms with van der Waals surface area (Å²) in [6, 6.07) is 16.1. The van der Waals surface area contributed by atoms with E-state index in [1.165, 1.54) is 48.5 Å². The minimum atomic E-state index is -1.51. The molecule has 3 aromatic rings. The predicted molar refractivity (Wildman–Crippen MR) is 244 cm³/mol. The number of carboxylic acid groups (broad SMARTS) is 3. The van der Waals surface area contributed by atoms with E-state index in [1.54, 1.807) is 30.3 Å². The van der Waals surface area contributed by atoms with E-state index in [-0.39, 0.29) is 75.2 Å². The Kier molecular flexibility index (Phi) is 18.0. The SMILES string of the molecule is O=[As]c1ccc(NC(=O)CSC[C@H](NC(=O)CC[C@H](NC(=O)CCSCC(=O)Nc2ccc(-c3c4ccc(=O)cc-4oc4cc(O)ccc34)c(C(=O)O)c2)C(=O)O)C(=O)NCC(=O)O)cc1. The summed E-state index contributed by atoms with van der Waals surface area (Å²) in [4.78, 5) is 111. The van der Waals surface area contributed by atoms with Gasteiger partial charge in [0.15, 0.2) is 5.43 Å². The monoisotopic (exact) mass is 1010 g/mol. The summed E-state index contributed by atoms with van der Waals surface area (Å²) in [6.07, 6.45) is -1.07. The molecule has 2 aliphatic rings. The van der Waals surface area contributed by atoms with E-state index in [4.69, 9.17) is 9.52 Å². The molecule has 1 heterocycles. The number of nitrogens with one attached hydrogen (secondary N) is 5. The van der Waals surface area contributed by atoms with Gasteiger partial charge < -0.3 is 35.5 Å². The van der Waals surface area contributed by atoms with Gasteiger partial charge in [-0.2, -0.15) is 11.8 Å². The number of aromatic hydroxyl groups is 1. The number of carbonyl (C=O) groups excluding carboxylic acids is 5. The zero-order chi connectivity index (χ0) is 47.9. The molecule has 5 amide bonds. The number of anilines is 2. The Morgan fingerprint density at radius 3 is 2.03 bits per heavy atom. The number of thioether (sulfide) groups is 2. The van der Waals surface area contributed by atoms with Gasteiger partial charge >= 0.3 is 144 Å². The number of rotatable bonds is 23. The van der Waals surface area contributed by atoms with Crippen molar-refractivity contribution in [3.63, 3.8) is 0 Å². The number of hydrogen-bond donors (Lipinski definition) is 9. The van der Waals surface area contributed by atoms with Crippen LogP contribution in [0.1, 0.15) is 29.6 Å². The predicted octanol–water partition coefficient (Wildman–Crippen LogP) is 2.11. The molecule has 1 aliphatic heterocycles. The maximum atomic E-state index is 12.8. The number of phenols is 1. The van der Waals surface area contributed by atoms with Gasteiger partial charge in [-0.3, -0.25) is 24.0 Å². The number of benzene rings is 4. The molecule has 0 saturated heterocycles. The summed E-state index contributed by atoms with van der Waals surface area (Å²) in [6.45, 7) is -0.751. The van der Waals surface area contributed by atoms with Crippen molar-refractivity contribution in [1.29, 1.82) is 0 Å². The number of phenolic OH excluding ortho intramolecular Hbond substituents is 1. The molecule has 20 nitrogen and oxygen atoms in total. The average molecular weight is 1010 g/mol. The van der Waals surface area contributed by atoms with Gasteiger partial charge in [-0.05, 0) is 48.4 Å². The molecule has 9 N–H and O–H groups in total. The first-order valence-corrected chi connectivity index (χ1v) is 23.6. The topological polar surface area (TPSA) is 325 Å². The number of hydrogen-bond acceptors (Lipinski definition) is 14. The van der Waals surface area contributed by atoms with Crippen LogP contribution in [0.25, 0.3) is 33.4 Å². The van der Waals surface area contributed by atoms with Crippen molar-refractivity contribution in [1.82, 2.24) is 16.0 Å². The standard InChI is InChI=1S/C43H40AsN5O15S2/c50-25-6-9-28-33(16-25)64-34-17-26(51)7-10-29(34)40(28)27-8-5-24(15-30(27)42(59)60)47-37(54)20-65-14-13-36(53)48-31(43(61)62)11-12-35(52)49-32(41(58)45-18-39(56)57)19-66-21-38(55)46-23-3-1-22(44-63)2-4-23/h1-10,15-17,31-32,50H,11-14,18-21H2,(H,45,58)(H,46,55)(H,47,54)(H,48,53)(H,49,52)(H,56,57)(H,59,60)(H,61,62)/t31-,32-/m0/s1. The van der Waals surface area contributed by atoms with Gasteiger partial charge in [0.25, 0.3) is 0 Å². The molecular weight excluding hydrogens is 966 g/mol. The van der Waals surface area contributed by atoms with Gasteiger partial charge in [0.1, 0.15) is 29.7 Å². The van der Waals surface area contributed by atoms with Crippen molar-refractivity contribution in [2.24, 2.45) is 0 Å². The summed E-state index contributed by atoms with van der Waals surface area (Å²) in [7, 11) is 0. The Bertz CT molecular complexity index is 2710. The fourth-order valence-electron chi connectivity index (χ4n) is 6.30. The number of carbonyl (C=O) groups is 8. The molecule has 3 aromatic carbocycles. The molecule has 0 unspecified atom stereocenters. The number of amides is 5. The summed E-state index contributed by atoms with van der Waals surface area (Å²) in [5.41, 5.74) is 1.37. The van der Waals surface area contributed by atoms with Crippen molar-refractivity contribution in [2.75, 3.05) is 40.2 Å². The molecule has 0 spiro atoms. The average Bonchev–Trinajstić information content (AvgIpc) is 3.27. The molecule has 5 rings (SSSR count).